The predicted molar refractivity (Wildman–Crippen MR) is 80.8 cm³/mol. The summed E-state index contributed by atoms with van der Waals surface area (Å²) in [6.07, 6.45) is 2.30. The highest BCUT2D eigenvalue weighted by Crippen LogP contribution is 2.37. The Hall–Kier alpha value is -1.95. The molecule has 4 rings (SSSR count). The number of hydrogen-bond acceptors (Lipinski definition) is 4. The molecule has 114 valence electrons. The molecular weight excluding hydrogens is 307 g/mol. The van der Waals surface area contributed by atoms with Gasteiger partial charge in [-0.05, 0) is 18.4 Å². The summed E-state index contributed by atoms with van der Waals surface area (Å²) >= 11 is 5.76. The van der Waals surface area contributed by atoms with Gasteiger partial charge >= 0.3 is 0 Å². The maximum Gasteiger partial charge on any atom is 0.250 e. The van der Waals surface area contributed by atoms with Crippen LogP contribution in [-0.4, -0.2) is 27.6 Å². The maximum absolute atomic E-state index is 14.2. The number of aromatic nitrogens is 3. The summed E-state index contributed by atoms with van der Waals surface area (Å²) in [5.74, 6) is 0.185. The van der Waals surface area contributed by atoms with Crippen LogP contribution < -0.4 is 10.5 Å². The molecule has 2 aliphatic rings. The quantitative estimate of drug-likeness (QED) is 0.755. The highest BCUT2D eigenvalue weighted by Gasteiger charge is 2.36. The van der Waals surface area contributed by atoms with E-state index < -0.39 is 5.82 Å². The van der Waals surface area contributed by atoms with Gasteiger partial charge in [0.15, 0.2) is 11.0 Å². The molecular formula is C15H14ClFN4O. The smallest absolute Gasteiger partial charge is 0.250 e. The van der Waals surface area contributed by atoms with Gasteiger partial charge in [-0.25, -0.2) is 9.97 Å². The number of halogens is 2. The number of anilines is 1. The van der Waals surface area contributed by atoms with Gasteiger partial charge in [0.1, 0.15) is 6.33 Å². The van der Waals surface area contributed by atoms with Gasteiger partial charge in [0.05, 0.1) is 0 Å². The summed E-state index contributed by atoms with van der Waals surface area (Å²) in [6.45, 7) is 1.97. The highest BCUT2D eigenvalue weighted by molar-refractivity contribution is 6.29. The molecule has 2 aliphatic heterocycles. The molecule has 1 saturated heterocycles. The lowest BCUT2D eigenvalue weighted by Gasteiger charge is -2.43. The summed E-state index contributed by atoms with van der Waals surface area (Å²) in [7, 11) is 0. The fourth-order valence-electron chi connectivity index (χ4n) is 3.63. The van der Waals surface area contributed by atoms with Crippen molar-refractivity contribution >= 4 is 17.4 Å². The molecule has 7 heteroatoms. The van der Waals surface area contributed by atoms with Gasteiger partial charge in [-0.15, -0.1) is 0 Å². The molecule has 0 saturated carbocycles. The van der Waals surface area contributed by atoms with Crippen molar-refractivity contribution < 1.29 is 4.39 Å². The minimum absolute atomic E-state index is 0.0388. The minimum Gasteiger partial charge on any atom is -0.353 e. The molecule has 0 aromatic carbocycles. The standard InChI is InChI=1S/C15H14ClFN4O/c16-14-13(17)15(19-8-18-14)20-5-9-4-10(7-20)11-2-1-3-12(22)21(11)6-9/h1-3,8-10H,4-7H2/t9-,10+/m0/s1. The lowest BCUT2D eigenvalue weighted by molar-refractivity contribution is 0.279. The van der Waals surface area contributed by atoms with Crippen molar-refractivity contribution in [3.63, 3.8) is 0 Å². The third-order valence-electron chi connectivity index (χ3n) is 4.51. The molecule has 0 spiro atoms. The third-order valence-corrected chi connectivity index (χ3v) is 4.77. The average Bonchev–Trinajstić information content (AvgIpc) is 2.51. The number of pyridine rings is 1. The van der Waals surface area contributed by atoms with E-state index in [1.54, 1.807) is 12.1 Å². The summed E-state index contributed by atoms with van der Waals surface area (Å²) in [5, 5.41) is -0.155. The molecule has 2 aromatic rings. The zero-order chi connectivity index (χ0) is 15.3. The molecule has 5 nitrogen and oxygen atoms in total. The Kier molecular flexibility index (Phi) is 3.14. The zero-order valence-electron chi connectivity index (χ0n) is 11.7. The summed E-state index contributed by atoms with van der Waals surface area (Å²) in [4.78, 5) is 21.6. The molecule has 0 aliphatic carbocycles. The van der Waals surface area contributed by atoms with E-state index in [0.29, 0.717) is 25.6 Å². The molecule has 0 amide bonds. The average molecular weight is 321 g/mol. The number of nitrogens with zero attached hydrogens (tertiary/aromatic N) is 4. The van der Waals surface area contributed by atoms with Gasteiger partial charge in [0.25, 0.3) is 5.56 Å². The van der Waals surface area contributed by atoms with Gasteiger partial charge in [-0.2, -0.15) is 4.39 Å². The lowest BCUT2D eigenvalue weighted by atomic mass is 9.83. The first-order valence-corrected chi connectivity index (χ1v) is 7.62. The molecule has 2 bridgehead atoms. The Morgan fingerprint density at radius 3 is 2.95 bits per heavy atom. The second-order valence-electron chi connectivity index (χ2n) is 5.91. The Labute approximate surface area is 131 Å². The number of fused-ring (bicyclic) bond motifs is 4. The second-order valence-corrected chi connectivity index (χ2v) is 6.26. The van der Waals surface area contributed by atoms with Crippen LogP contribution in [0.25, 0.3) is 0 Å². The predicted octanol–water partition coefficient (Wildman–Crippen LogP) is 2.05. The SMILES string of the molecule is O=c1cccc2n1C[C@H]1C[C@@H]2CN(c2ncnc(Cl)c2F)C1. The van der Waals surface area contributed by atoms with Gasteiger partial charge in [-0.3, -0.25) is 4.79 Å². The maximum atomic E-state index is 14.2. The zero-order valence-corrected chi connectivity index (χ0v) is 12.5. The first-order valence-electron chi connectivity index (χ1n) is 7.24. The first-order chi connectivity index (χ1) is 10.6. The van der Waals surface area contributed by atoms with Crippen LogP contribution >= 0.6 is 11.6 Å². The highest BCUT2D eigenvalue weighted by atomic mass is 35.5. The van der Waals surface area contributed by atoms with E-state index >= 15 is 0 Å². The summed E-state index contributed by atoms with van der Waals surface area (Å²) in [6, 6.07) is 5.36. The van der Waals surface area contributed by atoms with Gasteiger partial charge in [0, 0.05) is 37.3 Å². The molecule has 4 heterocycles. The molecule has 1 fully saturated rings. The summed E-state index contributed by atoms with van der Waals surface area (Å²) < 4.78 is 16.0. The van der Waals surface area contributed by atoms with E-state index in [1.807, 2.05) is 15.5 Å². The molecule has 2 aromatic heterocycles. The van der Waals surface area contributed by atoms with Crippen molar-refractivity contribution in [2.45, 2.75) is 18.9 Å². The van der Waals surface area contributed by atoms with Crippen LogP contribution in [0.15, 0.2) is 29.3 Å². The number of rotatable bonds is 1. The van der Waals surface area contributed by atoms with Crippen LogP contribution in [0.3, 0.4) is 0 Å². The van der Waals surface area contributed by atoms with E-state index in [0.717, 1.165) is 12.1 Å². The van der Waals surface area contributed by atoms with Gasteiger partial charge in [0.2, 0.25) is 5.82 Å². The number of piperidine rings is 1. The lowest BCUT2D eigenvalue weighted by Crippen LogP contribution is -2.47. The molecule has 0 unspecified atom stereocenters. The van der Waals surface area contributed by atoms with Crippen molar-refractivity contribution in [2.24, 2.45) is 5.92 Å². The van der Waals surface area contributed by atoms with E-state index in [1.165, 1.54) is 6.33 Å². The van der Waals surface area contributed by atoms with E-state index in [4.69, 9.17) is 11.6 Å². The van der Waals surface area contributed by atoms with Crippen molar-refractivity contribution in [3.05, 3.63) is 51.5 Å². The van der Waals surface area contributed by atoms with Crippen molar-refractivity contribution in [1.82, 2.24) is 14.5 Å². The van der Waals surface area contributed by atoms with Crippen molar-refractivity contribution in [3.8, 4) is 0 Å². The van der Waals surface area contributed by atoms with Crippen LogP contribution in [-0.2, 0) is 6.54 Å². The molecule has 22 heavy (non-hydrogen) atoms. The minimum atomic E-state index is -0.574. The Morgan fingerprint density at radius 2 is 2.09 bits per heavy atom. The normalized spacial score (nSPS) is 23.3. The van der Waals surface area contributed by atoms with Gasteiger partial charge < -0.3 is 9.47 Å². The second kappa shape index (κ2) is 5.05. The van der Waals surface area contributed by atoms with Crippen LogP contribution in [0.1, 0.15) is 18.0 Å². The fourth-order valence-corrected chi connectivity index (χ4v) is 3.76. The Bertz CT molecular complexity index is 793. The fraction of sp³-hybridized carbons (Fsp3) is 0.400. The summed E-state index contributed by atoms with van der Waals surface area (Å²) in [5.41, 5.74) is 1.06. The number of hydrogen-bond donors (Lipinski definition) is 0. The van der Waals surface area contributed by atoms with E-state index in [2.05, 4.69) is 9.97 Å². The molecule has 2 atom stereocenters. The Balaban J connectivity index is 1.72. The van der Waals surface area contributed by atoms with Crippen molar-refractivity contribution in [1.29, 1.82) is 0 Å². The largest absolute Gasteiger partial charge is 0.353 e. The van der Waals surface area contributed by atoms with Crippen molar-refractivity contribution in [2.75, 3.05) is 18.0 Å². The van der Waals surface area contributed by atoms with Crippen LogP contribution in [0.4, 0.5) is 10.2 Å². The first kappa shape index (κ1) is 13.7. The molecule has 0 radical (unpaired) electrons. The third kappa shape index (κ3) is 2.09. The van der Waals surface area contributed by atoms with Crippen LogP contribution in [0.5, 0.6) is 0 Å². The topological polar surface area (TPSA) is 51.0 Å². The van der Waals surface area contributed by atoms with Gasteiger partial charge in [-0.1, -0.05) is 17.7 Å². The molecule has 0 N–H and O–H groups in total. The van der Waals surface area contributed by atoms with E-state index in [-0.39, 0.29) is 22.4 Å². The monoisotopic (exact) mass is 320 g/mol. The Morgan fingerprint density at radius 1 is 1.23 bits per heavy atom. The van der Waals surface area contributed by atoms with Crippen LogP contribution in [0.2, 0.25) is 5.15 Å². The van der Waals surface area contributed by atoms with Crippen LogP contribution in [0, 0.1) is 11.7 Å². The van der Waals surface area contributed by atoms with E-state index in [9.17, 15) is 9.18 Å².